The molecule has 116 valence electrons. The van der Waals surface area contributed by atoms with Crippen molar-refractivity contribution in [3.05, 3.63) is 71.3 Å². The number of non-ortho nitro benzene ring substituents is 1. The van der Waals surface area contributed by atoms with Crippen LogP contribution in [0.25, 0.3) is 0 Å². The first-order valence-corrected chi connectivity index (χ1v) is 6.44. The molecule has 2 aromatic rings. The maximum Gasteiger partial charge on any atom is 0.355 e. The molecule has 0 saturated heterocycles. The van der Waals surface area contributed by atoms with Crippen molar-refractivity contribution in [2.45, 2.75) is 0 Å². The summed E-state index contributed by atoms with van der Waals surface area (Å²) in [5.41, 5.74) is 3.76. The van der Waals surface area contributed by atoms with E-state index in [0.29, 0.717) is 17.1 Å². The number of azo groups is 1. The van der Waals surface area contributed by atoms with Gasteiger partial charge in [0.15, 0.2) is 0 Å². The van der Waals surface area contributed by atoms with E-state index in [1.165, 1.54) is 24.3 Å². The summed E-state index contributed by atoms with van der Waals surface area (Å²) in [6.07, 6.45) is 1.02. The smallest absolute Gasteiger partial charge is 0.339 e. The highest BCUT2D eigenvalue weighted by Crippen LogP contribution is 2.27. The highest BCUT2D eigenvalue weighted by Gasteiger charge is 2.05. The summed E-state index contributed by atoms with van der Waals surface area (Å²) in [6.45, 7) is 3.29. The number of nitrogens with one attached hydrogen (secondary N) is 1. The fourth-order valence-corrected chi connectivity index (χ4v) is 1.55. The van der Waals surface area contributed by atoms with E-state index in [9.17, 15) is 14.9 Å². The number of para-hydroxylation sites is 1. The van der Waals surface area contributed by atoms with Gasteiger partial charge in [-0.2, -0.15) is 5.11 Å². The third kappa shape index (κ3) is 4.46. The Hall–Kier alpha value is -3.55. The standard InChI is InChI=1S/C15H12N4O4/c1-2-15(20)23-18-14-6-4-3-5-13(14)17-16-11-7-9-12(10-8-11)19(21)22/h2-10,18H,1H2. The van der Waals surface area contributed by atoms with Gasteiger partial charge in [0.2, 0.25) is 0 Å². The molecule has 0 amide bonds. The zero-order chi connectivity index (χ0) is 16.7. The van der Waals surface area contributed by atoms with Crippen LogP contribution < -0.4 is 5.48 Å². The van der Waals surface area contributed by atoms with Crippen LogP contribution in [0.2, 0.25) is 0 Å². The molecule has 0 radical (unpaired) electrons. The monoisotopic (exact) mass is 312 g/mol. The summed E-state index contributed by atoms with van der Waals surface area (Å²) < 4.78 is 0. The number of carbonyl (C=O) groups is 1. The van der Waals surface area contributed by atoms with E-state index in [-0.39, 0.29) is 5.69 Å². The lowest BCUT2D eigenvalue weighted by atomic mass is 10.3. The van der Waals surface area contributed by atoms with Crippen molar-refractivity contribution in [1.29, 1.82) is 0 Å². The number of nitro benzene ring substituents is 1. The lowest BCUT2D eigenvalue weighted by Gasteiger charge is -2.06. The van der Waals surface area contributed by atoms with Crippen molar-refractivity contribution in [3.8, 4) is 0 Å². The van der Waals surface area contributed by atoms with Crippen LogP contribution in [-0.4, -0.2) is 10.9 Å². The Balaban J connectivity index is 2.14. The van der Waals surface area contributed by atoms with Crippen LogP contribution in [0, 0.1) is 10.1 Å². The predicted octanol–water partition coefficient (Wildman–Crippen LogP) is 4.07. The van der Waals surface area contributed by atoms with Crippen LogP contribution in [0.3, 0.4) is 0 Å². The van der Waals surface area contributed by atoms with Crippen LogP contribution in [0.5, 0.6) is 0 Å². The van der Waals surface area contributed by atoms with Crippen molar-refractivity contribution in [3.63, 3.8) is 0 Å². The molecule has 0 saturated carbocycles. The second-order valence-corrected chi connectivity index (χ2v) is 4.22. The molecule has 0 aliphatic rings. The number of nitrogens with zero attached hydrogens (tertiary/aromatic N) is 3. The van der Waals surface area contributed by atoms with Gasteiger partial charge in [0.25, 0.3) is 5.69 Å². The van der Waals surface area contributed by atoms with Gasteiger partial charge in [-0.1, -0.05) is 18.7 Å². The van der Waals surface area contributed by atoms with Gasteiger partial charge in [-0.3, -0.25) is 10.1 Å². The molecule has 2 aromatic carbocycles. The number of anilines is 1. The molecule has 0 unspecified atom stereocenters. The van der Waals surface area contributed by atoms with E-state index in [4.69, 9.17) is 4.84 Å². The molecule has 23 heavy (non-hydrogen) atoms. The van der Waals surface area contributed by atoms with E-state index in [1.54, 1.807) is 24.3 Å². The summed E-state index contributed by atoms with van der Waals surface area (Å²) in [5, 5.41) is 18.6. The largest absolute Gasteiger partial charge is 0.355 e. The second kappa shape index (κ2) is 7.46. The van der Waals surface area contributed by atoms with Gasteiger partial charge in [0, 0.05) is 18.2 Å². The molecular formula is C15H12N4O4. The lowest BCUT2D eigenvalue weighted by Crippen LogP contribution is -2.07. The Labute approximate surface area is 131 Å². The zero-order valence-corrected chi connectivity index (χ0v) is 11.9. The van der Waals surface area contributed by atoms with Crippen LogP contribution >= 0.6 is 0 Å². The lowest BCUT2D eigenvalue weighted by molar-refractivity contribution is -0.384. The average molecular weight is 312 g/mol. The van der Waals surface area contributed by atoms with E-state index in [2.05, 4.69) is 22.3 Å². The van der Waals surface area contributed by atoms with Crippen LogP contribution in [0.1, 0.15) is 0 Å². The minimum atomic E-state index is -0.632. The molecule has 8 nitrogen and oxygen atoms in total. The first-order valence-electron chi connectivity index (χ1n) is 6.44. The summed E-state index contributed by atoms with van der Waals surface area (Å²) in [6, 6.07) is 12.4. The predicted molar refractivity (Wildman–Crippen MR) is 83.6 cm³/mol. The summed E-state index contributed by atoms with van der Waals surface area (Å²) in [7, 11) is 0. The van der Waals surface area contributed by atoms with Crippen molar-refractivity contribution < 1.29 is 14.6 Å². The normalized spacial score (nSPS) is 10.3. The topological polar surface area (TPSA) is 106 Å². The summed E-state index contributed by atoms with van der Waals surface area (Å²) in [4.78, 5) is 25.9. The maximum atomic E-state index is 11.1. The van der Waals surface area contributed by atoms with Crippen LogP contribution in [0.15, 0.2) is 71.4 Å². The Kier molecular flexibility index (Phi) is 5.13. The molecule has 0 aliphatic carbocycles. The maximum absolute atomic E-state index is 11.1. The molecule has 0 spiro atoms. The first kappa shape index (κ1) is 15.8. The molecule has 0 bridgehead atoms. The molecule has 0 aliphatic heterocycles. The van der Waals surface area contributed by atoms with Crippen molar-refractivity contribution in [1.82, 2.24) is 0 Å². The first-order chi connectivity index (χ1) is 11.1. The molecular weight excluding hydrogens is 300 g/mol. The highest BCUT2D eigenvalue weighted by atomic mass is 16.7. The average Bonchev–Trinajstić information content (AvgIpc) is 2.58. The van der Waals surface area contributed by atoms with Gasteiger partial charge < -0.3 is 4.84 Å². The third-order valence-corrected chi connectivity index (χ3v) is 2.67. The van der Waals surface area contributed by atoms with Crippen molar-refractivity contribution in [2.24, 2.45) is 10.2 Å². The quantitative estimate of drug-likeness (QED) is 0.374. The molecule has 8 heteroatoms. The van der Waals surface area contributed by atoms with Gasteiger partial charge in [-0.05, 0) is 24.3 Å². The van der Waals surface area contributed by atoms with Crippen LogP contribution in [0.4, 0.5) is 22.7 Å². The number of rotatable bonds is 6. The molecule has 1 N–H and O–H groups in total. The van der Waals surface area contributed by atoms with Gasteiger partial charge in [0.05, 0.1) is 16.3 Å². The number of benzene rings is 2. The number of hydrogen-bond acceptors (Lipinski definition) is 7. The Bertz CT molecular complexity index is 756. The van der Waals surface area contributed by atoms with Gasteiger partial charge in [0.1, 0.15) is 5.69 Å². The fraction of sp³-hybridized carbons (Fsp3) is 0. The van der Waals surface area contributed by atoms with Crippen LogP contribution in [-0.2, 0) is 9.63 Å². The van der Waals surface area contributed by atoms with E-state index < -0.39 is 10.9 Å². The Morgan fingerprint density at radius 3 is 2.52 bits per heavy atom. The second-order valence-electron chi connectivity index (χ2n) is 4.22. The van der Waals surface area contributed by atoms with Gasteiger partial charge in [-0.15, -0.1) is 5.11 Å². The fourth-order valence-electron chi connectivity index (χ4n) is 1.55. The third-order valence-electron chi connectivity index (χ3n) is 2.67. The van der Waals surface area contributed by atoms with Gasteiger partial charge >= 0.3 is 5.97 Å². The minimum Gasteiger partial charge on any atom is -0.339 e. The zero-order valence-electron chi connectivity index (χ0n) is 11.9. The molecule has 0 atom stereocenters. The van der Waals surface area contributed by atoms with Crippen molar-refractivity contribution >= 4 is 28.7 Å². The van der Waals surface area contributed by atoms with E-state index in [1.807, 2.05) is 0 Å². The SMILES string of the molecule is C=CC(=O)ONc1ccccc1N=Nc1ccc([N+](=O)[O-])cc1. The summed E-state index contributed by atoms with van der Waals surface area (Å²) in [5.74, 6) is -0.632. The van der Waals surface area contributed by atoms with E-state index >= 15 is 0 Å². The molecule has 0 heterocycles. The Morgan fingerprint density at radius 2 is 1.87 bits per heavy atom. The number of carbonyl (C=O) groups excluding carboxylic acids is 1. The highest BCUT2D eigenvalue weighted by molar-refractivity contribution is 5.82. The summed E-state index contributed by atoms with van der Waals surface area (Å²) >= 11 is 0. The van der Waals surface area contributed by atoms with Crippen molar-refractivity contribution in [2.75, 3.05) is 5.48 Å². The molecule has 2 rings (SSSR count). The molecule has 0 aromatic heterocycles. The minimum absolute atomic E-state index is 0.0256. The van der Waals surface area contributed by atoms with Gasteiger partial charge in [-0.25, -0.2) is 10.3 Å². The number of hydrogen-bond donors (Lipinski definition) is 1. The number of nitro groups is 1. The molecule has 0 fully saturated rings. The van der Waals surface area contributed by atoms with E-state index in [0.717, 1.165) is 6.08 Å². The Morgan fingerprint density at radius 1 is 1.17 bits per heavy atom.